The fraction of sp³-hybridized carbons (Fsp3) is 0.419. The minimum absolute atomic E-state index is 0.0369. The van der Waals surface area contributed by atoms with E-state index in [1.807, 2.05) is 39.8 Å². The van der Waals surface area contributed by atoms with Crippen LogP contribution in [-0.4, -0.2) is 68.6 Å². The Morgan fingerprint density at radius 1 is 0.976 bits per heavy atom. The van der Waals surface area contributed by atoms with Crippen molar-refractivity contribution in [1.82, 2.24) is 19.6 Å². The molecule has 42 heavy (non-hydrogen) atoms. The number of esters is 1. The van der Waals surface area contributed by atoms with Crippen molar-refractivity contribution in [2.24, 2.45) is 5.92 Å². The SMILES string of the molecule is Cc1c(C(=O)N2CCC(N3CC(C(=O)OC(C)(C)C)CC3=O)CC2)nn(-c2ccc(Cl)cc2Cl)c1-c1ccc(Cl)cc1. The largest absolute Gasteiger partial charge is 0.460 e. The number of halogens is 3. The van der Waals surface area contributed by atoms with Crippen LogP contribution in [0.25, 0.3) is 16.9 Å². The summed E-state index contributed by atoms with van der Waals surface area (Å²) in [5, 5.41) is 6.25. The second kappa shape index (κ2) is 11.9. The van der Waals surface area contributed by atoms with Crippen molar-refractivity contribution in [3.05, 3.63) is 68.8 Å². The van der Waals surface area contributed by atoms with Gasteiger partial charge in [0.05, 0.1) is 22.3 Å². The van der Waals surface area contributed by atoms with Gasteiger partial charge >= 0.3 is 5.97 Å². The molecule has 2 aromatic carbocycles. The molecule has 2 saturated heterocycles. The molecule has 8 nitrogen and oxygen atoms in total. The van der Waals surface area contributed by atoms with Gasteiger partial charge in [-0.05, 0) is 70.9 Å². The predicted octanol–water partition coefficient (Wildman–Crippen LogP) is 6.60. The molecule has 0 saturated carbocycles. The first kappa shape index (κ1) is 30.4. The van der Waals surface area contributed by atoms with Crippen LogP contribution >= 0.6 is 34.8 Å². The lowest BCUT2D eigenvalue weighted by atomic mass is 10.0. The maximum absolute atomic E-state index is 13.8. The van der Waals surface area contributed by atoms with Crippen LogP contribution in [-0.2, 0) is 14.3 Å². The second-order valence-corrected chi connectivity index (χ2v) is 13.1. The number of carbonyl (C=O) groups excluding carboxylic acids is 3. The number of hydrogen-bond donors (Lipinski definition) is 0. The van der Waals surface area contributed by atoms with Crippen molar-refractivity contribution >= 4 is 52.6 Å². The summed E-state index contributed by atoms with van der Waals surface area (Å²) in [5.74, 6) is -1.04. The summed E-state index contributed by atoms with van der Waals surface area (Å²) >= 11 is 18.9. The van der Waals surface area contributed by atoms with Crippen molar-refractivity contribution in [3.63, 3.8) is 0 Å². The molecule has 3 aromatic rings. The molecule has 3 heterocycles. The third-order valence-electron chi connectivity index (χ3n) is 7.67. The number of carbonyl (C=O) groups is 3. The minimum atomic E-state index is -0.601. The molecule has 2 aliphatic heterocycles. The monoisotopic (exact) mass is 630 g/mol. The first-order valence-corrected chi connectivity index (χ1v) is 15.1. The molecule has 0 aliphatic carbocycles. The van der Waals surface area contributed by atoms with E-state index < -0.39 is 11.5 Å². The summed E-state index contributed by atoms with van der Waals surface area (Å²) in [6.07, 6.45) is 1.39. The summed E-state index contributed by atoms with van der Waals surface area (Å²) in [7, 11) is 0. The minimum Gasteiger partial charge on any atom is -0.460 e. The molecule has 0 spiro atoms. The van der Waals surface area contributed by atoms with Gasteiger partial charge in [-0.1, -0.05) is 46.9 Å². The van der Waals surface area contributed by atoms with Crippen LogP contribution < -0.4 is 0 Å². The van der Waals surface area contributed by atoms with E-state index >= 15 is 0 Å². The van der Waals surface area contributed by atoms with E-state index in [-0.39, 0.29) is 30.2 Å². The lowest BCUT2D eigenvalue weighted by molar-refractivity contribution is -0.159. The molecule has 0 radical (unpaired) electrons. The van der Waals surface area contributed by atoms with Crippen molar-refractivity contribution in [1.29, 1.82) is 0 Å². The quantitative estimate of drug-likeness (QED) is 0.296. The zero-order valence-corrected chi connectivity index (χ0v) is 26.3. The first-order valence-electron chi connectivity index (χ1n) is 13.9. The maximum Gasteiger partial charge on any atom is 0.311 e. The Morgan fingerprint density at radius 3 is 2.24 bits per heavy atom. The lowest BCUT2D eigenvalue weighted by Gasteiger charge is -2.36. The van der Waals surface area contributed by atoms with Gasteiger partial charge in [-0.25, -0.2) is 4.68 Å². The molecule has 5 rings (SSSR count). The maximum atomic E-state index is 13.8. The Bertz CT molecular complexity index is 1520. The highest BCUT2D eigenvalue weighted by molar-refractivity contribution is 6.35. The highest BCUT2D eigenvalue weighted by Gasteiger charge is 2.41. The normalized spacial score (nSPS) is 18.1. The van der Waals surface area contributed by atoms with Crippen LogP contribution in [0.5, 0.6) is 0 Å². The van der Waals surface area contributed by atoms with E-state index in [0.717, 1.165) is 11.3 Å². The molecule has 222 valence electrons. The highest BCUT2D eigenvalue weighted by atomic mass is 35.5. The van der Waals surface area contributed by atoms with E-state index in [0.29, 0.717) is 64.5 Å². The summed E-state index contributed by atoms with van der Waals surface area (Å²) in [6, 6.07) is 12.4. The Morgan fingerprint density at radius 2 is 1.62 bits per heavy atom. The van der Waals surface area contributed by atoms with Gasteiger partial charge in [0, 0.05) is 53.3 Å². The lowest BCUT2D eigenvalue weighted by Crippen LogP contribution is -2.47. The number of benzene rings is 2. The average molecular weight is 632 g/mol. The number of likely N-dealkylation sites (tertiary alicyclic amines) is 2. The zero-order valence-electron chi connectivity index (χ0n) is 24.0. The molecule has 0 bridgehead atoms. The number of piperidine rings is 1. The predicted molar refractivity (Wildman–Crippen MR) is 163 cm³/mol. The summed E-state index contributed by atoms with van der Waals surface area (Å²) < 4.78 is 7.19. The number of ether oxygens (including phenoxy) is 1. The van der Waals surface area contributed by atoms with Gasteiger partial charge in [0.1, 0.15) is 5.60 Å². The molecule has 2 amide bonds. The Hall–Kier alpha value is -3.07. The van der Waals surface area contributed by atoms with Crippen molar-refractivity contribution in [2.75, 3.05) is 19.6 Å². The highest BCUT2D eigenvalue weighted by Crippen LogP contribution is 2.34. The molecular weight excluding hydrogens is 599 g/mol. The third-order valence-corrected chi connectivity index (χ3v) is 8.46. The van der Waals surface area contributed by atoms with Gasteiger partial charge in [-0.15, -0.1) is 0 Å². The average Bonchev–Trinajstić information content (AvgIpc) is 3.48. The number of nitrogens with zero attached hydrogens (tertiary/aromatic N) is 4. The van der Waals surface area contributed by atoms with Gasteiger partial charge in [0.15, 0.2) is 5.69 Å². The standard InChI is InChI=1S/C31H33Cl3N4O4/c1-18-27(35-38(25-10-9-22(33)16-24(25)34)28(18)19-5-7-21(32)8-6-19)29(40)36-13-11-23(12-14-36)37-17-20(15-26(37)39)30(41)42-31(2,3)4/h5-10,16,20,23H,11-15,17H2,1-4H3. The van der Waals surface area contributed by atoms with Gasteiger partial charge < -0.3 is 14.5 Å². The molecule has 2 fully saturated rings. The first-order chi connectivity index (χ1) is 19.8. The van der Waals surface area contributed by atoms with Crippen molar-refractivity contribution in [2.45, 2.75) is 58.6 Å². The number of aromatic nitrogens is 2. The van der Waals surface area contributed by atoms with Gasteiger partial charge in [0.2, 0.25) is 5.91 Å². The van der Waals surface area contributed by atoms with Gasteiger partial charge in [0.25, 0.3) is 5.91 Å². The molecular formula is C31H33Cl3N4O4. The summed E-state index contributed by atoms with van der Waals surface area (Å²) in [6.45, 7) is 8.61. The van der Waals surface area contributed by atoms with E-state index in [9.17, 15) is 14.4 Å². The van der Waals surface area contributed by atoms with Crippen LogP contribution in [0.3, 0.4) is 0 Å². The number of hydrogen-bond acceptors (Lipinski definition) is 5. The van der Waals surface area contributed by atoms with E-state index in [1.165, 1.54) is 0 Å². The smallest absolute Gasteiger partial charge is 0.311 e. The van der Waals surface area contributed by atoms with Crippen LogP contribution in [0.15, 0.2) is 42.5 Å². The molecule has 2 aliphatic rings. The Balaban J connectivity index is 1.35. The second-order valence-electron chi connectivity index (χ2n) is 11.8. The van der Waals surface area contributed by atoms with Crippen LogP contribution in [0, 0.1) is 12.8 Å². The van der Waals surface area contributed by atoms with Gasteiger partial charge in [-0.2, -0.15) is 5.10 Å². The molecule has 1 atom stereocenters. The molecule has 1 unspecified atom stereocenters. The van der Waals surface area contributed by atoms with E-state index in [2.05, 4.69) is 0 Å². The van der Waals surface area contributed by atoms with Crippen molar-refractivity contribution in [3.8, 4) is 16.9 Å². The fourth-order valence-corrected chi connectivity index (χ4v) is 6.25. The van der Waals surface area contributed by atoms with Crippen LogP contribution in [0.1, 0.15) is 56.1 Å². The van der Waals surface area contributed by atoms with Crippen LogP contribution in [0.2, 0.25) is 15.1 Å². The summed E-state index contributed by atoms with van der Waals surface area (Å²) in [5.41, 5.74) is 2.60. The molecule has 0 N–H and O–H groups in total. The van der Waals surface area contributed by atoms with Gasteiger partial charge in [-0.3, -0.25) is 14.4 Å². The summed E-state index contributed by atoms with van der Waals surface area (Å²) in [4.78, 5) is 42.8. The third kappa shape index (κ3) is 6.31. The number of amides is 2. The van der Waals surface area contributed by atoms with Crippen LogP contribution in [0.4, 0.5) is 0 Å². The van der Waals surface area contributed by atoms with E-state index in [1.54, 1.807) is 44.8 Å². The molecule has 1 aromatic heterocycles. The van der Waals surface area contributed by atoms with E-state index in [4.69, 9.17) is 44.6 Å². The topological polar surface area (TPSA) is 84.7 Å². The zero-order chi connectivity index (χ0) is 30.3. The Kier molecular flexibility index (Phi) is 8.61. The fourth-order valence-electron chi connectivity index (χ4n) is 5.63. The van der Waals surface area contributed by atoms with Crippen molar-refractivity contribution < 1.29 is 19.1 Å². The molecule has 11 heteroatoms. The number of rotatable bonds is 5. The Labute approximate surface area is 260 Å².